The lowest BCUT2D eigenvalue weighted by molar-refractivity contribution is -0.126. The van der Waals surface area contributed by atoms with E-state index < -0.39 is 5.54 Å². The first-order chi connectivity index (χ1) is 18.8. The van der Waals surface area contributed by atoms with Gasteiger partial charge in [-0.05, 0) is 67.9 Å². The highest BCUT2D eigenvalue weighted by Gasteiger charge is 2.49. The molecule has 200 valence electrons. The van der Waals surface area contributed by atoms with Crippen LogP contribution in [0, 0.1) is 6.92 Å². The van der Waals surface area contributed by atoms with Crippen LogP contribution >= 0.6 is 11.6 Å². The number of fused-ring (bicyclic) bond motifs is 1. The number of nitrogens with one attached hydrogen (secondary N) is 1. The van der Waals surface area contributed by atoms with Gasteiger partial charge in [0.1, 0.15) is 22.7 Å². The highest BCUT2D eigenvalue weighted by atomic mass is 35.5. The lowest BCUT2D eigenvalue weighted by atomic mass is 9.93. The van der Waals surface area contributed by atoms with Gasteiger partial charge in [-0.2, -0.15) is 5.10 Å². The second-order valence-electron chi connectivity index (χ2n) is 9.59. The molecule has 2 heterocycles. The summed E-state index contributed by atoms with van der Waals surface area (Å²) in [6, 6.07) is 22.0. The Kier molecular flexibility index (Phi) is 7.06. The minimum Gasteiger partial charge on any atom is -0.497 e. The van der Waals surface area contributed by atoms with Crippen LogP contribution < -0.4 is 19.7 Å². The molecule has 0 spiro atoms. The van der Waals surface area contributed by atoms with Crippen LogP contribution in [-0.2, 0) is 17.9 Å². The first-order valence-corrected chi connectivity index (χ1v) is 12.9. The SMILES string of the molecule is COc1ccc(-c2cc3n(n2)CC(C)(C(=O)NCc2ccccc2OC)N(c2cccc(Cl)c2C)C3=O)cc1. The van der Waals surface area contributed by atoms with Gasteiger partial charge >= 0.3 is 0 Å². The predicted molar refractivity (Wildman–Crippen MR) is 150 cm³/mol. The molecule has 0 aliphatic carbocycles. The fourth-order valence-corrected chi connectivity index (χ4v) is 5.08. The molecule has 8 nitrogen and oxygen atoms in total. The summed E-state index contributed by atoms with van der Waals surface area (Å²) >= 11 is 6.46. The number of amides is 2. The van der Waals surface area contributed by atoms with E-state index in [1.165, 1.54) is 0 Å². The Morgan fingerprint density at radius 3 is 2.51 bits per heavy atom. The number of ether oxygens (including phenoxy) is 2. The third-order valence-corrected chi connectivity index (χ3v) is 7.55. The molecule has 1 unspecified atom stereocenters. The van der Waals surface area contributed by atoms with Gasteiger partial charge in [0.05, 0.1) is 26.5 Å². The van der Waals surface area contributed by atoms with Gasteiger partial charge in [0.2, 0.25) is 5.91 Å². The maximum atomic E-state index is 14.1. The zero-order valence-corrected chi connectivity index (χ0v) is 23.0. The van der Waals surface area contributed by atoms with Gasteiger partial charge in [-0.1, -0.05) is 35.9 Å². The maximum absolute atomic E-state index is 14.1. The molecule has 0 saturated carbocycles. The Hall–Kier alpha value is -4.30. The van der Waals surface area contributed by atoms with Crippen molar-refractivity contribution in [1.82, 2.24) is 15.1 Å². The molecule has 1 atom stereocenters. The summed E-state index contributed by atoms with van der Waals surface area (Å²) in [4.78, 5) is 29.6. The van der Waals surface area contributed by atoms with E-state index in [2.05, 4.69) is 5.32 Å². The monoisotopic (exact) mass is 544 g/mol. The summed E-state index contributed by atoms with van der Waals surface area (Å²) < 4.78 is 12.3. The number of aromatic nitrogens is 2. The molecule has 2 amide bonds. The quantitative estimate of drug-likeness (QED) is 0.343. The van der Waals surface area contributed by atoms with Gasteiger partial charge in [-0.15, -0.1) is 0 Å². The Balaban J connectivity index is 1.55. The maximum Gasteiger partial charge on any atom is 0.277 e. The molecule has 3 aromatic carbocycles. The van der Waals surface area contributed by atoms with Gasteiger partial charge in [-0.3, -0.25) is 19.2 Å². The van der Waals surface area contributed by atoms with Crippen LogP contribution in [0.5, 0.6) is 11.5 Å². The first kappa shape index (κ1) is 26.3. The van der Waals surface area contributed by atoms with E-state index in [1.54, 1.807) is 55.0 Å². The fraction of sp³-hybridized carbons (Fsp3) is 0.233. The molecule has 5 rings (SSSR count). The second-order valence-corrected chi connectivity index (χ2v) is 10.0. The number of benzene rings is 3. The van der Waals surface area contributed by atoms with Crippen molar-refractivity contribution in [3.63, 3.8) is 0 Å². The summed E-state index contributed by atoms with van der Waals surface area (Å²) in [5.74, 6) is 0.728. The van der Waals surface area contributed by atoms with Crippen LogP contribution in [0.1, 0.15) is 28.5 Å². The molecule has 39 heavy (non-hydrogen) atoms. The Morgan fingerprint density at radius 2 is 1.79 bits per heavy atom. The van der Waals surface area contributed by atoms with Gasteiger partial charge in [-0.25, -0.2) is 0 Å². The Morgan fingerprint density at radius 1 is 1.05 bits per heavy atom. The molecular formula is C30H29ClN4O4. The van der Waals surface area contributed by atoms with E-state index in [9.17, 15) is 9.59 Å². The second kappa shape index (κ2) is 10.5. The number of carbonyl (C=O) groups excluding carboxylic acids is 2. The highest BCUT2D eigenvalue weighted by Crippen LogP contribution is 2.37. The molecule has 1 aromatic heterocycles. The van der Waals surface area contributed by atoms with Crippen molar-refractivity contribution in [3.8, 4) is 22.8 Å². The van der Waals surface area contributed by atoms with Gasteiger partial charge in [0.25, 0.3) is 5.91 Å². The summed E-state index contributed by atoms with van der Waals surface area (Å²) in [5.41, 5.74) is 2.65. The lowest BCUT2D eigenvalue weighted by Crippen LogP contribution is -2.64. The highest BCUT2D eigenvalue weighted by molar-refractivity contribution is 6.32. The van der Waals surface area contributed by atoms with Crippen molar-refractivity contribution in [2.24, 2.45) is 0 Å². The Labute approximate surface area is 232 Å². The molecule has 1 N–H and O–H groups in total. The third kappa shape index (κ3) is 4.72. The smallest absolute Gasteiger partial charge is 0.277 e. The number of rotatable bonds is 7. The number of carbonyl (C=O) groups is 2. The number of hydrogen-bond donors (Lipinski definition) is 1. The topological polar surface area (TPSA) is 85.7 Å². The summed E-state index contributed by atoms with van der Waals surface area (Å²) in [5, 5.41) is 8.25. The van der Waals surface area contributed by atoms with Crippen LogP contribution in [0.2, 0.25) is 5.02 Å². The van der Waals surface area contributed by atoms with Crippen LogP contribution in [-0.4, -0.2) is 41.4 Å². The van der Waals surface area contributed by atoms with Crippen molar-refractivity contribution in [1.29, 1.82) is 0 Å². The van der Waals surface area contributed by atoms with Gasteiger partial charge < -0.3 is 14.8 Å². The molecule has 1 aliphatic rings. The summed E-state index contributed by atoms with van der Waals surface area (Å²) in [6.45, 7) is 3.97. The molecule has 0 fully saturated rings. The van der Waals surface area contributed by atoms with E-state index in [-0.39, 0.29) is 24.9 Å². The average Bonchev–Trinajstić information content (AvgIpc) is 3.38. The van der Waals surface area contributed by atoms with E-state index in [1.807, 2.05) is 55.5 Å². The van der Waals surface area contributed by atoms with Crippen LogP contribution in [0.4, 0.5) is 5.69 Å². The minimum absolute atomic E-state index is 0.147. The summed E-state index contributed by atoms with van der Waals surface area (Å²) in [6.07, 6.45) is 0. The fourth-order valence-electron chi connectivity index (χ4n) is 4.92. The van der Waals surface area contributed by atoms with Crippen molar-refractivity contribution >= 4 is 29.1 Å². The lowest BCUT2D eigenvalue weighted by Gasteiger charge is -2.43. The number of para-hydroxylation sites is 1. The number of nitrogens with zero attached hydrogens (tertiary/aromatic N) is 3. The minimum atomic E-state index is -1.30. The van der Waals surface area contributed by atoms with E-state index >= 15 is 0 Å². The molecule has 0 saturated heterocycles. The normalized spacial score (nSPS) is 16.5. The van der Waals surface area contributed by atoms with Crippen LogP contribution in [0.3, 0.4) is 0 Å². The van der Waals surface area contributed by atoms with Crippen molar-refractivity contribution in [2.45, 2.75) is 32.5 Å². The van der Waals surface area contributed by atoms with Crippen LogP contribution in [0.25, 0.3) is 11.3 Å². The number of hydrogen-bond acceptors (Lipinski definition) is 5. The average molecular weight is 545 g/mol. The number of methoxy groups -OCH3 is 2. The van der Waals surface area contributed by atoms with Crippen molar-refractivity contribution < 1.29 is 19.1 Å². The van der Waals surface area contributed by atoms with Crippen LogP contribution in [0.15, 0.2) is 72.8 Å². The molecule has 4 aromatic rings. The third-order valence-electron chi connectivity index (χ3n) is 7.14. The predicted octanol–water partition coefficient (Wildman–Crippen LogP) is 5.26. The molecule has 0 radical (unpaired) electrons. The zero-order valence-electron chi connectivity index (χ0n) is 22.2. The number of anilines is 1. The molecule has 0 bridgehead atoms. The van der Waals surface area contributed by atoms with Crippen molar-refractivity contribution in [2.75, 3.05) is 19.1 Å². The first-order valence-electron chi connectivity index (χ1n) is 12.5. The Bertz CT molecular complexity index is 1550. The van der Waals surface area contributed by atoms with Gasteiger partial charge in [0.15, 0.2) is 0 Å². The standard InChI is InChI=1S/C30H29ClN4O4/c1-19-23(31)9-7-10-25(19)35-28(36)26-16-24(20-12-14-22(38-3)15-13-20)33-34(26)18-30(35,2)29(37)32-17-21-8-5-6-11-27(21)39-4/h5-16H,17-18H2,1-4H3,(H,32,37). The van der Waals surface area contributed by atoms with E-state index in [4.69, 9.17) is 26.2 Å². The molecular weight excluding hydrogens is 516 g/mol. The molecule has 1 aliphatic heterocycles. The van der Waals surface area contributed by atoms with Gasteiger partial charge in [0, 0.05) is 28.4 Å². The molecule has 9 heteroatoms. The zero-order chi connectivity index (χ0) is 27.7. The number of halogens is 1. The van der Waals surface area contributed by atoms with E-state index in [0.29, 0.717) is 33.4 Å². The van der Waals surface area contributed by atoms with E-state index in [0.717, 1.165) is 16.9 Å². The summed E-state index contributed by atoms with van der Waals surface area (Å²) in [7, 11) is 3.19. The van der Waals surface area contributed by atoms with Crippen molar-refractivity contribution in [3.05, 3.63) is 94.6 Å². The largest absolute Gasteiger partial charge is 0.497 e.